The second-order valence-corrected chi connectivity index (χ2v) is 4.05. The molecular weight excluding hydrogens is 198 g/mol. The maximum Gasteiger partial charge on any atom is 0.311 e. The SMILES string of the molecule is COCCONC=C1[C@@H](C(=O)O)C1(C)C. The Kier molecular flexibility index (Phi) is 3.71. The fourth-order valence-corrected chi connectivity index (χ4v) is 1.58. The standard InChI is InChI=1S/C10H17NO4/c1-10(2)7(8(10)9(12)13)6-11-15-5-4-14-3/h6,8,11H,4-5H2,1-3H3,(H,12,13)/t8-/m0/s1. The number of hydrogen-bond donors (Lipinski definition) is 2. The molecule has 2 N–H and O–H groups in total. The molecule has 1 rings (SSSR count). The number of hydroxylamine groups is 1. The van der Waals surface area contributed by atoms with Gasteiger partial charge < -0.3 is 9.84 Å². The van der Waals surface area contributed by atoms with Crippen molar-refractivity contribution in [2.24, 2.45) is 11.3 Å². The van der Waals surface area contributed by atoms with Gasteiger partial charge in [-0.1, -0.05) is 13.8 Å². The van der Waals surface area contributed by atoms with E-state index in [1.807, 2.05) is 13.8 Å². The van der Waals surface area contributed by atoms with Crippen LogP contribution in [0.15, 0.2) is 11.8 Å². The third-order valence-corrected chi connectivity index (χ3v) is 2.63. The molecule has 5 nitrogen and oxygen atoms in total. The van der Waals surface area contributed by atoms with E-state index in [9.17, 15) is 4.79 Å². The minimum absolute atomic E-state index is 0.260. The summed E-state index contributed by atoms with van der Waals surface area (Å²) in [6.45, 7) is 4.73. The Hall–Kier alpha value is -1.07. The summed E-state index contributed by atoms with van der Waals surface area (Å²) in [5.74, 6) is -1.18. The van der Waals surface area contributed by atoms with Crippen LogP contribution in [0, 0.1) is 11.3 Å². The van der Waals surface area contributed by atoms with Crippen molar-refractivity contribution in [1.82, 2.24) is 5.48 Å². The first-order valence-corrected chi connectivity index (χ1v) is 4.81. The van der Waals surface area contributed by atoms with E-state index in [2.05, 4.69) is 5.48 Å². The predicted molar refractivity (Wildman–Crippen MR) is 54.0 cm³/mol. The number of nitrogens with one attached hydrogen (secondary N) is 1. The van der Waals surface area contributed by atoms with Crippen molar-refractivity contribution in [3.05, 3.63) is 11.8 Å². The summed E-state index contributed by atoms with van der Waals surface area (Å²) in [5.41, 5.74) is 3.21. The van der Waals surface area contributed by atoms with Crippen LogP contribution in [0.5, 0.6) is 0 Å². The highest BCUT2D eigenvalue weighted by Crippen LogP contribution is 2.57. The van der Waals surface area contributed by atoms with E-state index < -0.39 is 11.9 Å². The molecule has 0 aromatic carbocycles. The van der Waals surface area contributed by atoms with Gasteiger partial charge in [-0.2, -0.15) is 0 Å². The summed E-state index contributed by atoms with van der Waals surface area (Å²) < 4.78 is 4.78. The van der Waals surface area contributed by atoms with Crippen LogP contribution >= 0.6 is 0 Å². The van der Waals surface area contributed by atoms with Gasteiger partial charge in [-0.25, -0.2) is 0 Å². The van der Waals surface area contributed by atoms with Crippen LogP contribution < -0.4 is 5.48 Å². The number of methoxy groups -OCH3 is 1. The number of carbonyl (C=O) groups is 1. The highest BCUT2D eigenvalue weighted by molar-refractivity contribution is 5.82. The summed E-state index contributed by atoms with van der Waals surface area (Å²) in [5, 5.41) is 8.87. The number of aliphatic carboxylic acids is 1. The molecule has 1 aliphatic carbocycles. The molecule has 0 spiro atoms. The highest BCUT2D eigenvalue weighted by Gasteiger charge is 2.57. The molecular formula is C10H17NO4. The Morgan fingerprint density at radius 1 is 1.60 bits per heavy atom. The zero-order chi connectivity index (χ0) is 11.5. The lowest BCUT2D eigenvalue weighted by atomic mass is 10.1. The number of ether oxygens (including phenoxy) is 1. The zero-order valence-corrected chi connectivity index (χ0v) is 9.24. The van der Waals surface area contributed by atoms with Crippen molar-refractivity contribution < 1.29 is 19.5 Å². The third-order valence-electron chi connectivity index (χ3n) is 2.63. The summed E-state index contributed by atoms with van der Waals surface area (Å²) >= 11 is 0. The van der Waals surface area contributed by atoms with Crippen molar-refractivity contribution in [2.45, 2.75) is 13.8 Å². The fraction of sp³-hybridized carbons (Fsp3) is 0.700. The second kappa shape index (κ2) is 4.63. The maximum atomic E-state index is 10.8. The number of carboxylic acids is 1. The van der Waals surface area contributed by atoms with Crippen LogP contribution in [0.2, 0.25) is 0 Å². The molecule has 86 valence electrons. The maximum absolute atomic E-state index is 10.8. The van der Waals surface area contributed by atoms with Crippen LogP contribution in [-0.2, 0) is 14.4 Å². The van der Waals surface area contributed by atoms with E-state index in [0.717, 1.165) is 5.57 Å². The zero-order valence-electron chi connectivity index (χ0n) is 9.24. The van der Waals surface area contributed by atoms with Crippen molar-refractivity contribution >= 4 is 5.97 Å². The first kappa shape index (κ1) is 12.0. The van der Waals surface area contributed by atoms with Gasteiger partial charge in [-0.15, -0.1) is 0 Å². The van der Waals surface area contributed by atoms with E-state index in [0.29, 0.717) is 13.2 Å². The van der Waals surface area contributed by atoms with E-state index in [4.69, 9.17) is 14.7 Å². The normalized spacial score (nSPS) is 25.3. The molecule has 0 saturated heterocycles. The summed E-state index contributed by atoms with van der Waals surface area (Å²) in [4.78, 5) is 15.8. The Bertz CT molecular complexity index is 273. The molecule has 1 aliphatic rings. The van der Waals surface area contributed by atoms with Crippen molar-refractivity contribution in [2.75, 3.05) is 20.3 Å². The average molecular weight is 215 g/mol. The smallest absolute Gasteiger partial charge is 0.311 e. The Morgan fingerprint density at radius 3 is 2.73 bits per heavy atom. The van der Waals surface area contributed by atoms with Crippen molar-refractivity contribution in [3.8, 4) is 0 Å². The van der Waals surface area contributed by atoms with Gasteiger partial charge in [-0.05, 0) is 5.57 Å². The molecule has 0 heterocycles. The van der Waals surface area contributed by atoms with Crippen LogP contribution in [0.1, 0.15) is 13.8 Å². The van der Waals surface area contributed by atoms with Crippen molar-refractivity contribution in [1.29, 1.82) is 0 Å². The van der Waals surface area contributed by atoms with E-state index >= 15 is 0 Å². The molecule has 0 aromatic rings. The molecule has 0 aliphatic heterocycles. The Labute approximate surface area is 89.0 Å². The molecule has 1 fully saturated rings. The first-order valence-electron chi connectivity index (χ1n) is 4.81. The largest absolute Gasteiger partial charge is 0.481 e. The molecule has 0 amide bonds. The number of hydrogen-bond acceptors (Lipinski definition) is 4. The summed E-state index contributed by atoms with van der Waals surface area (Å²) in [6.07, 6.45) is 1.62. The van der Waals surface area contributed by atoms with Gasteiger partial charge in [0.2, 0.25) is 0 Å². The summed E-state index contributed by atoms with van der Waals surface area (Å²) in [7, 11) is 1.59. The molecule has 0 aromatic heterocycles. The Balaban J connectivity index is 2.33. The van der Waals surface area contributed by atoms with Gasteiger partial charge >= 0.3 is 5.97 Å². The Morgan fingerprint density at radius 2 is 2.27 bits per heavy atom. The lowest BCUT2D eigenvalue weighted by Gasteiger charge is -2.00. The van der Waals surface area contributed by atoms with Crippen LogP contribution in [-0.4, -0.2) is 31.4 Å². The molecule has 5 heteroatoms. The molecule has 0 unspecified atom stereocenters. The van der Waals surface area contributed by atoms with Gasteiger partial charge in [-0.3, -0.25) is 15.1 Å². The molecule has 1 atom stereocenters. The van der Waals surface area contributed by atoms with E-state index in [1.165, 1.54) is 0 Å². The highest BCUT2D eigenvalue weighted by atomic mass is 16.7. The topological polar surface area (TPSA) is 67.8 Å². The van der Waals surface area contributed by atoms with E-state index in [1.54, 1.807) is 13.3 Å². The molecule has 0 bridgehead atoms. The van der Waals surface area contributed by atoms with Crippen LogP contribution in [0.4, 0.5) is 0 Å². The predicted octanol–water partition coefficient (Wildman–Crippen LogP) is 0.778. The van der Waals surface area contributed by atoms with Crippen LogP contribution in [0.25, 0.3) is 0 Å². The number of carboxylic acid groups (broad SMARTS) is 1. The lowest BCUT2D eigenvalue weighted by Crippen LogP contribution is -2.11. The second-order valence-electron chi connectivity index (χ2n) is 4.05. The quantitative estimate of drug-likeness (QED) is 0.506. The lowest BCUT2D eigenvalue weighted by molar-refractivity contribution is -0.139. The monoisotopic (exact) mass is 215 g/mol. The van der Waals surface area contributed by atoms with Gasteiger partial charge in [0, 0.05) is 18.7 Å². The molecule has 15 heavy (non-hydrogen) atoms. The molecule has 1 saturated carbocycles. The van der Waals surface area contributed by atoms with E-state index in [-0.39, 0.29) is 5.41 Å². The summed E-state index contributed by atoms with van der Waals surface area (Å²) in [6, 6.07) is 0. The van der Waals surface area contributed by atoms with Crippen LogP contribution in [0.3, 0.4) is 0 Å². The molecule has 0 radical (unpaired) electrons. The number of rotatable bonds is 6. The van der Waals surface area contributed by atoms with Gasteiger partial charge in [0.25, 0.3) is 0 Å². The minimum Gasteiger partial charge on any atom is -0.481 e. The van der Waals surface area contributed by atoms with Gasteiger partial charge in [0.15, 0.2) is 0 Å². The average Bonchev–Trinajstić information content (AvgIpc) is 2.68. The first-order chi connectivity index (χ1) is 7.01. The van der Waals surface area contributed by atoms with Gasteiger partial charge in [0.1, 0.15) is 0 Å². The van der Waals surface area contributed by atoms with Crippen molar-refractivity contribution in [3.63, 3.8) is 0 Å². The van der Waals surface area contributed by atoms with Gasteiger partial charge in [0.05, 0.1) is 19.1 Å². The fourth-order valence-electron chi connectivity index (χ4n) is 1.58. The minimum atomic E-state index is -0.787. The third kappa shape index (κ3) is 2.70.